The number of aliphatic imine (C=N–C) groups is 1. The fourth-order valence-corrected chi connectivity index (χ4v) is 0.623. The summed E-state index contributed by atoms with van der Waals surface area (Å²) in [5, 5.41) is 7.26. The Bertz CT molecular complexity index is 274. The molecule has 0 N–H and O–H groups in total. The van der Waals surface area contributed by atoms with Gasteiger partial charge in [-0.05, 0) is 0 Å². The SMILES string of the molecule is C1=CN=C(c2ncno2)[N]1. The maximum atomic E-state index is 4.69. The fraction of sp³-hybridized carbons (Fsp3) is 0. The summed E-state index contributed by atoms with van der Waals surface area (Å²) < 4.78 is 4.69. The average Bonchev–Trinajstić information content (AvgIpc) is 2.59. The Balaban J connectivity index is 2.30. The van der Waals surface area contributed by atoms with E-state index in [2.05, 4.69) is 20.4 Å². The Morgan fingerprint density at radius 3 is 2.90 bits per heavy atom. The van der Waals surface area contributed by atoms with Crippen molar-refractivity contribution in [2.24, 2.45) is 4.99 Å². The van der Waals surface area contributed by atoms with Crippen LogP contribution in [0, 0.1) is 0 Å². The average molecular weight is 135 g/mol. The Morgan fingerprint density at radius 2 is 2.30 bits per heavy atom. The van der Waals surface area contributed by atoms with Crippen LogP contribution in [0.15, 0.2) is 28.2 Å². The highest BCUT2D eigenvalue weighted by Gasteiger charge is 2.10. The van der Waals surface area contributed by atoms with Gasteiger partial charge in [0.05, 0.1) is 0 Å². The second-order valence-electron chi connectivity index (χ2n) is 1.63. The Kier molecular flexibility index (Phi) is 1.00. The number of aromatic nitrogens is 2. The van der Waals surface area contributed by atoms with Crippen molar-refractivity contribution in [1.82, 2.24) is 15.5 Å². The molecule has 10 heavy (non-hydrogen) atoms. The van der Waals surface area contributed by atoms with Crippen LogP contribution in [0.3, 0.4) is 0 Å². The minimum atomic E-state index is 0.352. The van der Waals surface area contributed by atoms with Gasteiger partial charge in [-0.1, -0.05) is 5.16 Å². The van der Waals surface area contributed by atoms with Crippen molar-refractivity contribution in [3.05, 3.63) is 24.6 Å². The summed E-state index contributed by atoms with van der Waals surface area (Å²) in [6.07, 6.45) is 4.45. The highest BCUT2D eigenvalue weighted by atomic mass is 16.5. The fourth-order valence-electron chi connectivity index (χ4n) is 0.623. The summed E-state index contributed by atoms with van der Waals surface area (Å²) in [7, 11) is 0. The van der Waals surface area contributed by atoms with Crippen LogP contribution in [0.1, 0.15) is 5.89 Å². The molecular formula is C5H3N4O. The van der Waals surface area contributed by atoms with Gasteiger partial charge in [0.1, 0.15) is 0 Å². The van der Waals surface area contributed by atoms with E-state index < -0.39 is 0 Å². The number of amidine groups is 1. The van der Waals surface area contributed by atoms with Gasteiger partial charge in [0.25, 0.3) is 5.89 Å². The second kappa shape index (κ2) is 1.94. The molecule has 1 aliphatic heterocycles. The predicted molar refractivity (Wildman–Crippen MR) is 32.1 cm³/mol. The molecule has 1 aromatic rings. The maximum Gasteiger partial charge on any atom is 0.295 e. The largest absolute Gasteiger partial charge is 0.331 e. The molecule has 1 aliphatic rings. The van der Waals surface area contributed by atoms with Crippen LogP contribution in [0.2, 0.25) is 0 Å². The van der Waals surface area contributed by atoms with Crippen molar-refractivity contribution < 1.29 is 4.52 Å². The standard InChI is InChI=1S/C5H3N4O/c1-2-7-4(6-1)5-8-3-9-10-5/h1-3H. The van der Waals surface area contributed by atoms with Crippen molar-refractivity contribution in [3.63, 3.8) is 0 Å². The zero-order valence-corrected chi connectivity index (χ0v) is 4.93. The summed E-state index contributed by atoms with van der Waals surface area (Å²) in [6.45, 7) is 0. The monoisotopic (exact) mass is 135 g/mol. The van der Waals surface area contributed by atoms with E-state index in [9.17, 15) is 0 Å². The third-order valence-electron chi connectivity index (χ3n) is 1.01. The van der Waals surface area contributed by atoms with E-state index in [1.807, 2.05) is 0 Å². The third kappa shape index (κ3) is 0.680. The lowest BCUT2D eigenvalue weighted by Gasteiger charge is -1.86. The summed E-state index contributed by atoms with van der Waals surface area (Å²) in [5.41, 5.74) is 0. The first-order chi connectivity index (χ1) is 4.97. The van der Waals surface area contributed by atoms with Crippen LogP contribution in [0.25, 0.3) is 0 Å². The Hall–Kier alpha value is -1.65. The van der Waals surface area contributed by atoms with Gasteiger partial charge in [-0.25, -0.2) is 10.3 Å². The Morgan fingerprint density at radius 1 is 1.30 bits per heavy atom. The van der Waals surface area contributed by atoms with Gasteiger partial charge in [0.2, 0.25) is 5.84 Å². The van der Waals surface area contributed by atoms with E-state index >= 15 is 0 Å². The molecule has 0 aliphatic carbocycles. The smallest absolute Gasteiger partial charge is 0.295 e. The molecule has 49 valence electrons. The van der Waals surface area contributed by atoms with Gasteiger partial charge in [-0.3, -0.25) is 0 Å². The lowest BCUT2D eigenvalue weighted by molar-refractivity contribution is 0.408. The highest BCUT2D eigenvalue weighted by Crippen LogP contribution is 1.98. The first-order valence-corrected chi connectivity index (χ1v) is 2.67. The second-order valence-corrected chi connectivity index (χ2v) is 1.63. The molecule has 0 saturated heterocycles. The number of nitrogens with zero attached hydrogens (tertiary/aromatic N) is 4. The van der Waals surface area contributed by atoms with E-state index in [0.29, 0.717) is 11.7 Å². The molecule has 2 heterocycles. The summed E-state index contributed by atoms with van der Waals surface area (Å²) >= 11 is 0. The quantitative estimate of drug-likeness (QED) is 0.540. The van der Waals surface area contributed by atoms with E-state index in [-0.39, 0.29) is 0 Å². The molecule has 0 bridgehead atoms. The number of rotatable bonds is 1. The molecule has 0 aromatic carbocycles. The van der Waals surface area contributed by atoms with Crippen LogP contribution >= 0.6 is 0 Å². The zero-order chi connectivity index (χ0) is 6.81. The number of hydrogen-bond donors (Lipinski definition) is 0. The summed E-state index contributed by atoms with van der Waals surface area (Å²) in [4.78, 5) is 7.61. The van der Waals surface area contributed by atoms with Crippen molar-refractivity contribution >= 4 is 5.84 Å². The van der Waals surface area contributed by atoms with Gasteiger partial charge in [0.15, 0.2) is 6.33 Å². The third-order valence-corrected chi connectivity index (χ3v) is 1.01. The van der Waals surface area contributed by atoms with Crippen molar-refractivity contribution in [2.75, 3.05) is 0 Å². The molecule has 0 fully saturated rings. The van der Waals surface area contributed by atoms with Crippen molar-refractivity contribution in [1.29, 1.82) is 0 Å². The lowest BCUT2D eigenvalue weighted by atomic mass is 10.6. The van der Waals surface area contributed by atoms with Gasteiger partial charge < -0.3 is 4.52 Å². The maximum absolute atomic E-state index is 4.69. The number of hydrogen-bond acceptors (Lipinski definition) is 4. The minimum absolute atomic E-state index is 0.352. The van der Waals surface area contributed by atoms with Crippen molar-refractivity contribution in [2.45, 2.75) is 0 Å². The van der Waals surface area contributed by atoms with E-state index in [4.69, 9.17) is 4.52 Å². The minimum Gasteiger partial charge on any atom is -0.331 e. The van der Waals surface area contributed by atoms with E-state index in [1.54, 1.807) is 12.4 Å². The molecule has 1 aromatic heterocycles. The first-order valence-electron chi connectivity index (χ1n) is 2.67. The molecule has 5 nitrogen and oxygen atoms in total. The predicted octanol–water partition coefficient (Wildman–Crippen LogP) is -0.0946. The molecular weight excluding hydrogens is 132 g/mol. The van der Waals surface area contributed by atoms with Crippen molar-refractivity contribution in [3.8, 4) is 0 Å². The normalized spacial score (nSPS) is 15.0. The molecule has 5 heteroatoms. The highest BCUT2D eigenvalue weighted by molar-refractivity contribution is 5.96. The summed E-state index contributed by atoms with van der Waals surface area (Å²) in [5.74, 6) is 0.822. The van der Waals surface area contributed by atoms with Crippen LogP contribution in [-0.2, 0) is 0 Å². The molecule has 0 atom stereocenters. The molecule has 2 rings (SSSR count). The molecule has 0 saturated carbocycles. The molecule has 0 unspecified atom stereocenters. The molecule has 1 radical (unpaired) electrons. The lowest BCUT2D eigenvalue weighted by Crippen LogP contribution is -2.07. The van der Waals surface area contributed by atoms with E-state index in [0.717, 1.165) is 0 Å². The Labute approximate surface area is 56.5 Å². The summed E-state index contributed by atoms with van der Waals surface area (Å²) in [6, 6.07) is 0. The van der Waals surface area contributed by atoms with Crippen LogP contribution in [0.4, 0.5) is 0 Å². The zero-order valence-electron chi connectivity index (χ0n) is 4.93. The van der Waals surface area contributed by atoms with Gasteiger partial charge >= 0.3 is 0 Å². The van der Waals surface area contributed by atoms with Gasteiger partial charge in [0, 0.05) is 12.4 Å². The van der Waals surface area contributed by atoms with Gasteiger partial charge in [-0.15, -0.1) is 0 Å². The van der Waals surface area contributed by atoms with Crippen LogP contribution in [0.5, 0.6) is 0 Å². The molecule has 0 spiro atoms. The first kappa shape index (κ1) is 5.16. The molecule has 0 amide bonds. The van der Waals surface area contributed by atoms with Crippen LogP contribution < -0.4 is 5.32 Å². The topological polar surface area (TPSA) is 65.4 Å². The van der Waals surface area contributed by atoms with Gasteiger partial charge in [-0.2, -0.15) is 4.98 Å². The van der Waals surface area contributed by atoms with Crippen LogP contribution in [-0.4, -0.2) is 16.0 Å². The van der Waals surface area contributed by atoms with E-state index in [1.165, 1.54) is 6.33 Å².